The smallest absolute Gasteiger partial charge is 0.231 e. The molecule has 0 spiro atoms. The van der Waals surface area contributed by atoms with Gasteiger partial charge in [-0.15, -0.1) is 11.3 Å². The molecular formula is C11H10N2O2S. The van der Waals surface area contributed by atoms with Gasteiger partial charge in [0.2, 0.25) is 6.79 Å². The zero-order chi connectivity index (χ0) is 10.8. The Hall–Kier alpha value is -1.75. The number of nitrogens with one attached hydrogen (secondary N) is 1. The van der Waals surface area contributed by atoms with Crippen LogP contribution in [0.15, 0.2) is 29.8 Å². The van der Waals surface area contributed by atoms with E-state index in [1.807, 2.05) is 23.6 Å². The third kappa shape index (κ3) is 1.69. The molecule has 0 fully saturated rings. The number of fused-ring (bicyclic) bond motifs is 1. The van der Waals surface area contributed by atoms with Crippen molar-refractivity contribution < 1.29 is 9.47 Å². The fourth-order valence-electron chi connectivity index (χ4n) is 1.61. The largest absolute Gasteiger partial charge is 0.454 e. The number of para-hydroxylation sites is 1. The van der Waals surface area contributed by atoms with Gasteiger partial charge in [0.15, 0.2) is 16.6 Å². The van der Waals surface area contributed by atoms with Crippen LogP contribution in [0.25, 0.3) is 0 Å². The van der Waals surface area contributed by atoms with Crippen LogP contribution in [0.5, 0.6) is 11.5 Å². The first-order valence-corrected chi connectivity index (χ1v) is 5.82. The number of anilines is 1. The maximum Gasteiger partial charge on any atom is 0.231 e. The molecule has 16 heavy (non-hydrogen) atoms. The highest BCUT2D eigenvalue weighted by molar-refractivity contribution is 7.13. The summed E-state index contributed by atoms with van der Waals surface area (Å²) in [6, 6.07) is 5.90. The number of ether oxygens (including phenoxy) is 2. The van der Waals surface area contributed by atoms with Crippen molar-refractivity contribution in [3.05, 3.63) is 35.3 Å². The number of thiazole rings is 1. The molecule has 4 nitrogen and oxygen atoms in total. The minimum Gasteiger partial charge on any atom is -0.454 e. The molecular weight excluding hydrogens is 224 g/mol. The average molecular weight is 234 g/mol. The molecule has 0 radical (unpaired) electrons. The van der Waals surface area contributed by atoms with E-state index in [4.69, 9.17) is 9.47 Å². The Kier molecular flexibility index (Phi) is 2.38. The zero-order valence-corrected chi connectivity index (χ0v) is 9.29. The van der Waals surface area contributed by atoms with Gasteiger partial charge in [-0.3, -0.25) is 0 Å². The van der Waals surface area contributed by atoms with E-state index in [-0.39, 0.29) is 0 Å². The Bertz CT molecular complexity index is 485. The van der Waals surface area contributed by atoms with Gasteiger partial charge in [-0.2, -0.15) is 0 Å². The van der Waals surface area contributed by atoms with E-state index in [1.165, 1.54) is 0 Å². The van der Waals surface area contributed by atoms with Gasteiger partial charge in [-0.25, -0.2) is 4.98 Å². The number of hydrogen-bond donors (Lipinski definition) is 1. The number of hydrogen-bond acceptors (Lipinski definition) is 5. The summed E-state index contributed by atoms with van der Waals surface area (Å²) in [5.41, 5.74) is 1.09. The quantitative estimate of drug-likeness (QED) is 0.886. The Labute approximate surface area is 96.8 Å². The molecule has 0 saturated carbocycles. The summed E-state index contributed by atoms with van der Waals surface area (Å²) in [6.07, 6.45) is 1.78. The van der Waals surface area contributed by atoms with Crippen LogP contribution >= 0.6 is 11.3 Å². The normalized spacial score (nSPS) is 12.8. The molecule has 1 N–H and O–H groups in total. The first-order valence-electron chi connectivity index (χ1n) is 4.94. The molecule has 2 heterocycles. The molecule has 1 aromatic heterocycles. The van der Waals surface area contributed by atoms with Crippen molar-refractivity contribution in [3.8, 4) is 11.5 Å². The van der Waals surface area contributed by atoms with Crippen LogP contribution in [0.4, 0.5) is 5.13 Å². The third-order valence-electron chi connectivity index (χ3n) is 2.34. The second kappa shape index (κ2) is 4.02. The zero-order valence-electron chi connectivity index (χ0n) is 8.47. The standard InChI is InChI=1S/C11H10N2O2S/c1-2-8(6-13-11-12-4-5-16-11)10-9(3-1)14-7-15-10/h1-5H,6-7H2,(H,12,13). The van der Waals surface area contributed by atoms with Crippen LogP contribution in [0.3, 0.4) is 0 Å². The number of aromatic nitrogens is 1. The van der Waals surface area contributed by atoms with Crippen LogP contribution in [-0.2, 0) is 6.54 Å². The molecule has 1 aliphatic rings. The molecule has 0 aliphatic carbocycles. The average Bonchev–Trinajstić information content (AvgIpc) is 2.97. The summed E-state index contributed by atoms with van der Waals surface area (Å²) in [7, 11) is 0. The van der Waals surface area contributed by atoms with E-state index in [0.29, 0.717) is 13.3 Å². The summed E-state index contributed by atoms with van der Waals surface area (Å²) in [5, 5.41) is 6.10. The van der Waals surface area contributed by atoms with Gasteiger partial charge in [0.25, 0.3) is 0 Å². The van der Waals surface area contributed by atoms with E-state index in [2.05, 4.69) is 10.3 Å². The van der Waals surface area contributed by atoms with E-state index in [1.54, 1.807) is 17.5 Å². The van der Waals surface area contributed by atoms with Crippen molar-refractivity contribution in [1.29, 1.82) is 0 Å². The van der Waals surface area contributed by atoms with Crippen molar-refractivity contribution in [2.45, 2.75) is 6.54 Å². The summed E-state index contributed by atoms with van der Waals surface area (Å²) in [4.78, 5) is 4.16. The highest BCUT2D eigenvalue weighted by Crippen LogP contribution is 2.35. The van der Waals surface area contributed by atoms with Crippen LogP contribution in [0, 0.1) is 0 Å². The van der Waals surface area contributed by atoms with Gasteiger partial charge in [-0.05, 0) is 6.07 Å². The molecule has 0 saturated heterocycles. The van der Waals surface area contributed by atoms with Crippen molar-refractivity contribution in [3.63, 3.8) is 0 Å². The van der Waals surface area contributed by atoms with Gasteiger partial charge in [0, 0.05) is 23.7 Å². The monoisotopic (exact) mass is 234 g/mol. The number of rotatable bonds is 3. The van der Waals surface area contributed by atoms with E-state index in [0.717, 1.165) is 22.2 Å². The lowest BCUT2D eigenvalue weighted by Crippen LogP contribution is -2.00. The molecule has 2 aromatic rings. The molecule has 82 valence electrons. The second-order valence-electron chi connectivity index (χ2n) is 3.34. The molecule has 0 atom stereocenters. The molecule has 0 amide bonds. The predicted molar refractivity (Wildman–Crippen MR) is 62.0 cm³/mol. The van der Waals surface area contributed by atoms with Gasteiger partial charge in [-0.1, -0.05) is 12.1 Å². The predicted octanol–water partition coefficient (Wildman–Crippen LogP) is 2.48. The molecule has 5 heteroatoms. The van der Waals surface area contributed by atoms with Crippen molar-refractivity contribution in [2.75, 3.05) is 12.1 Å². The highest BCUT2D eigenvalue weighted by Gasteiger charge is 2.16. The lowest BCUT2D eigenvalue weighted by Gasteiger charge is -2.06. The molecule has 0 unspecified atom stereocenters. The third-order valence-corrected chi connectivity index (χ3v) is 3.07. The number of nitrogens with zero attached hydrogens (tertiary/aromatic N) is 1. The topological polar surface area (TPSA) is 43.4 Å². The Morgan fingerprint density at radius 2 is 2.38 bits per heavy atom. The van der Waals surface area contributed by atoms with E-state index >= 15 is 0 Å². The summed E-state index contributed by atoms with van der Waals surface area (Å²) >= 11 is 1.58. The van der Waals surface area contributed by atoms with Gasteiger partial charge in [0.05, 0.1) is 0 Å². The fourth-order valence-corrected chi connectivity index (χ4v) is 2.14. The van der Waals surface area contributed by atoms with Crippen molar-refractivity contribution in [1.82, 2.24) is 4.98 Å². The minimum atomic E-state index is 0.309. The lowest BCUT2D eigenvalue weighted by molar-refractivity contribution is 0.173. The highest BCUT2D eigenvalue weighted by atomic mass is 32.1. The summed E-state index contributed by atoms with van der Waals surface area (Å²) in [5.74, 6) is 1.66. The van der Waals surface area contributed by atoms with Crippen LogP contribution in [0.2, 0.25) is 0 Å². The minimum absolute atomic E-state index is 0.309. The first-order chi connectivity index (χ1) is 7.93. The lowest BCUT2D eigenvalue weighted by atomic mass is 10.2. The van der Waals surface area contributed by atoms with E-state index in [9.17, 15) is 0 Å². The molecule has 1 aliphatic heterocycles. The van der Waals surface area contributed by atoms with Crippen LogP contribution in [0.1, 0.15) is 5.56 Å². The summed E-state index contributed by atoms with van der Waals surface area (Å²) < 4.78 is 10.7. The SMILES string of the molecule is c1cc(CNc2nccs2)c2c(c1)OCO2. The first kappa shape index (κ1) is 9.47. The summed E-state index contributed by atoms with van der Waals surface area (Å²) in [6.45, 7) is 1.00. The number of benzene rings is 1. The molecule has 1 aromatic carbocycles. The van der Waals surface area contributed by atoms with Crippen molar-refractivity contribution in [2.24, 2.45) is 0 Å². The maximum absolute atomic E-state index is 5.42. The maximum atomic E-state index is 5.42. The van der Waals surface area contributed by atoms with Crippen LogP contribution < -0.4 is 14.8 Å². The Balaban J connectivity index is 1.78. The van der Waals surface area contributed by atoms with Crippen molar-refractivity contribution >= 4 is 16.5 Å². The fraction of sp³-hybridized carbons (Fsp3) is 0.182. The van der Waals surface area contributed by atoms with Gasteiger partial charge >= 0.3 is 0 Å². The molecule has 3 rings (SSSR count). The Morgan fingerprint density at radius 3 is 3.25 bits per heavy atom. The van der Waals surface area contributed by atoms with E-state index < -0.39 is 0 Å². The van der Waals surface area contributed by atoms with Gasteiger partial charge in [0.1, 0.15) is 0 Å². The van der Waals surface area contributed by atoms with Crippen LogP contribution in [-0.4, -0.2) is 11.8 Å². The molecule has 0 bridgehead atoms. The Morgan fingerprint density at radius 1 is 1.38 bits per heavy atom. The second-order valence-corrected chi connectivity index (χ2v) is 4.24. The van der Waals surface area contributed by atoms with Gasteiger partial charge < -0.3 is 14.8 Å².